The van der Waals surface area contributed by atoms with Gasteiger partial charge in [0, 0.05) is 25.0 Å². The summed E-state index contributed by atoms with van der Waals surface area (Å²) < 4.78 is 5.45. The second kappa shape index (κ2) is 4.46. The van der Waals surface area contributed by atoms with Gasteiger partial charge in [0.2, 0.25) is 0 Å². The third-order valence-corrected chi connectivity index (χ3v) is 4.62. The number of rotatable bonds is 3. The van der Waals surface area contributed by atoms with Crippen molar-refractivity contribution >= 4 is 0 Å². The largest absolute Gasteiger partial charge is 0.469 e. The van der Waals surface area contributed by atoms with Crippen LogP contribution in [-0.4, -0.2) is 36.6 Å². The van der Waals surface area contributed by atoms with Crippen molar-refractivity contribution in [2.45, 2.75) is 32.4 Å². The van der Waals surface area contributed by atoms with Gasteiger partial charge in [0.25, 0.3) is 0 Å². The van der Waals surface area contributed by atoms with Crippen molar-refractivity contribution in [2.75, 3.05) is 19.6 Å². The van der Waals surface area contributed by atoms with Crippen molar-refractivity contribution in [3.8, 4) is 0 Å². The van der Waals surface area contributed by atoms with Gasteiger partial charge in [-0.25, -0.2) is 0 Å². The molecular weight excluding hydrogens is 212 g/mol. The van der Waals surface area contributed by atoms with Gasteiger partial charge in [-0.05, 0) is 50.9 Å². The minimum atomic E-state index is 0.585. The first kappa shape index (κ1) is 11.3. The fourth-order valence-electron chi connectivity index (χ4n) is 3.62. The van der Waals surface area contributed by atoms with Crippen LogP contribution in [0.3, 0.4) is 0 Å². The normalized spacial score (nSPS) is 35.1. The Balaban J connectivity index is 1.65. The Morgan fingerprint density at radius 3 is 3.12 bits per heavy atom. The molecule has 4 unspecified atom stereocenters. The van der Waals surface area contributed by atoms with Crippen molar-refractivity contribution in [1.82, 2.24) is 10.2 Å². The molecule has 17 heavy (non-hydrogen) atoms. The van der Waals surface area contributed by atoms with E-state index in [2.05, 4.69) is 30.1 Å². The zero-order valence-electron chi connectivity index (χ0n) is 10.7. The van der Waals surface area contributed by atoms with E-state index in [9.17, 15) is 0 Å². The second-order valence-corrected chi connectivity index (χ2v) is 5.65. The number of likely N-dealkylation sites (tertiary alicyclic amines) is 1. The van der Waals surface area contributed by atoms with E-state index in [4.69, 9.17) is 4.42 Å². The Hall–Kier alpha value is -0.800. The van der Waals surface area contributed by atoms with Crippen molar-refractivity contribution in [3.63, 3.8) is 0 Å². The van der Waals surface area contributed by atoms with Crippen LogP contribution in [0.1, 0.15) is 19.6 Å². The minimum Gasteiger partial charge on any atom is -0.469 e. The van der Waals surface area contributed by atoms with E-state index in [0.29, 0.717) is 12.1 Å². The highest BCUT2D eigenvalue weighted by molar-refractivity contribution is 5.03. The maximum atomic E-state index is 5.45. The summed E-state index contributed by atoms with van der Waals surface area (Å²) in [6, 6.07) is 5.36. The molecule has 0 spiro atoms. The fourth-order valence-corrected chi connectivity index (χ4v) is 3.62. The summed E-state index contributed by atoms with van der Waals surface area (Å²) in [6.07, 6.45) is 2.80. The predicted octanol–water partition coefficient (Wildman–Crippen LogP) is 1.75. The van der Waals surface area contributed by atoms with E-state index in [1.807, 2.05) is 6.07 Å². The average molecular weight is 234 g/mol. The van der Waals surface area contributed by atoms with Crippen molar-refractivity contribution in [3.05, 3.63) is 24.2 Å². The second-order valence-electron chi connectivity index (χ2n) is 5.65. The van der Waals surface area contributed by atoms with Crippen LogP contribution in [0.25, 0.3) is 0 Å². The number of nitrogens with one attached hydrogen (secondary N) is 1. The van der Waals surface area contributed by atoms with Gasteiger partial charge in [-0.15, -0.1) is 0 Å². The smallest absolute Gasteiger partial charge is 0.105 e. The fraction of sp³-hybridized carbons (Fsp3) is 0.714. The highest BCUT2D eigenvalue weighted by Gasteiger charge is 2.43. The van der Waals surface area contributed by atoms with Gasteiger partial charge in [-0.3, -0.25) is 4.90 Å². The lowest BCUT2D eigenvalue weighted by Gasteiger charge is -2.30. The van der Waals surface area contributed by atoms with Gasteiger partial charge in [0.05, 0.1) is 6.26 Å². The number of hydrogen-bond acceptors (Lipinski definition) is 3. The minimum absolute atomic E-state index is 0.585. The summed E-state index contributed by atoms with van der Waals surface area (Å²) in [7, 11) is 0. The van der Waals surface area contributed by atoms with Crippen LogP contribution in [0.4, 0.5) is 0 Å². The molecule has 3 nitrogen and oxygen atoms in total. The topological polar surface area (TPSA) is 28.4 Å². The van der Waals surface area contributed by atoms with Gasteiger partial charge in [-0.2, -0.15) is 0 Å². The van der Waals surface area contributed by atoms with Crippen molar-refractivity contribution in [1.29, 1.82) is 0 Å². The number of furan rings is 1. The quantitative estimate of drug-likeness (QED) is 0.863. The number of fused-ring (bicyclic) bond motifs is 1. The van der Waals surface area contributed by atoms with Crippen LogP contribution in [0.5, 0.6) is 0 Å². The molecule has 0 aromatic carbocycles. The first-order valence-corrected chi connectivity index (χ1v) is 6.74. The molecule has 2 fully saturated rings. The third-order valence-electron chi connectivity index (χ3n) is 4.62. The molecule has 0 bridgehead atoms. The summed E-state index contributed by atoms with van der Waals surface area (Å²) >= 11 is 0. The maximum Gasteiger partial charge on any atom is 0.105 e. The molecular formula is C14H22N2O. The highest BCUT2D eigenvalue weighted by atomic mass is 16.3. The first-order valence-electron chi connectivity index (χ1n) is 6.74. The van der Waals surface area contributed by atoms with E-state index in [-0.39, 0.29) is 0 Å². The molecule has 0 aliphatic carbocycles. The Morgan fingerprint density at radius 1 is 1.53 bits per heavy atom. The first-order chi connectivity index (χ1) is 8.25. The van der Waals surface area contributed by atoms with Crippen molar-refractivity contribution < 1.29 is 4.42 Å². The molecule has 2 saturated heterocycles. The van der Waals surface area contributed by atoms with E-state index in [0.717, 1.165) is 24.0 Å². The molecule has 94 valence electrons. The Bertz CT molecular complexity index is 362. The van der Waals surface area contributed by atoms with Crippen LogP contribution in [0.2, 0.25) is 0 Å². The maximum absolute atomic E-state index is 5.45. The van der Waals surface area contributed by atoms with E-state index in [1.165, 1.54) is 19.6 Å². The van der Waals surface area contributed by atoms with Crippen LogP contribution in [-0.2, 0) is 6.42 Å². The van der Waals surface area contributed by atoms with Gasteiger partial charge < -0.3 is 9.73 Å². The van der Waals surface area contributed by atoms with Crippen LogP contribution in [0.15, 0.2) is 22.8 Å². The SMILES string of the molecule is CC(Cc1ccco1)N1CC2CNCC2C1C. The van der Waals surface area contributed by atoms with E-state index >= 15 is 0 Å². The number of nitrogens with zero attached hydrogens (tertiary/aromatic N) is 1. The van der Waals surface area contributed by atoms with E-state index in [1.54, 1.807) is 6.26 Å². The Kier molecular flexibility index (Phi) is 2.97. The lowest BCUT2D eigenvalue weighted by molar-refractivity contribution is 0.175. The van der Waals surface area contributed by atoms with Gasteiger partial charge >= 0.3 is 0 Å². The molecule has 3 heteroatoms. The van der Waals surface area contributed by atoms with Crippen LogP contribution >= 0.6 is 0 Å². The number of hydrogen-bond donors (Lipinski definition) is 1. The lowest BCUT2D eigenvalue weighted by atomic mass is 9.95. The van der Waals surface area contributed by atoms with E-state index < -0.39 is 0 Å². The average Bonchev–Trinajstić information content (AvgIpc) is 2.97. The molecule has 2 aliphatic heterocycles. The van der Waals surface area contributed by atoms with Crippen LogP contribution < -0.4 is 5.32 Å². The van der Waals surface area contributed by atoms with Gasteiger partial charge in [-0.1, -0.05) is 0 Å². The Labute approximate surface area is 103 Å². The summed E-state index contributed by atoms with van der Waals surface area (Å²) in [4.78, 5) is 2.67. The Morgan fingerprint density at radius 2 is 2.41 bits per heavy atom. The molecule has 3 heterocycles. The molecule has 4 atom stereocenters. The van der Waals surface area contributed by atoms with Crippen molar-refractivity contribution in [2.24, 2.45) is 11.8 Å². The summed E-state index contributed by atoms with van der Waals surface area (Å²) in [5.74, 6) is 2.83. The van der Waals surface area contributed by atoms with Gasteiger partial charge in [0.1, 0.15) is 5.76 Å². The highest BCUT2D eigenvalue weighted by Crippen LogP contribution is 2.34. The molecule has 1 N–H and O–H groups in total. The monoisotopic (exact) mass is 234 g/mol. The molecule has 0 saturated carbocycles. The molecule has 3 rings (SSSR count). The summed E-state index contributed by atoms with van der Waals surface area (Å²) in [5.41, 5.74) is 0. The van der Waals surface area contributed by atoms with Gasteiger partial charge in [0.15, 0.2) is 0 Å². The zero-order valence-corrected chi connectivity index (χ0v) is 10.7. The molecule has 2 aliphatic rings. The molecule has 1 aromatic heterocycles. The molecule has 1 aromatic rings. The standard InChI is InChI=1S/C14H22N2O/c1-10(6-13-4-3-5-17-13)16-9-12-7-15-8-14(12)11(16)2/h3-5,10-12,14-15H,6-9H2,1-2H3. The molecule has 0 amide bonds. The molecule has 0 radical (unpaired) electrons. The zero-order chi connectivity index (χ0) is 11.8. The summed E-state index contributed by atoms with van der Waals surface area (Å²) in [6.45, 7) is 8.37. The van der Waals surface area contributed by atoms with Crippen LogP contribution in [0, 0.1) is 11.8 Å². The third kappa shape index (κ3) is 2.02. The predicted molar refractivity (Wildman–Crippen MR) is 67.9 cm³/mol. The summed E-state index contributed by atoms with van der Waals surface area (Å²) in [5, 5.41) is 3.51. The lowest BCUT2D eigenvalue weighted by Crippen LogP contribution is -2.40.